The van der Waals surface area contributed by atoms with E-state index in [-0.39, 0.29) is 5.56 Å². The van der Waals surface area contributed by atoms with Crippen LogP contribution < -0.4 is 15.0 Å². The standard InChI is InChI=1S/C22H24N2O4/c1-3-6-17-9-10-20(21(15-17)26-2)28-14-13-27-12-11-24-16-23-19-8-5-4-7-18(19)22(24)25/h3-5,7-10,15-16H,1,6,11-14H2,2H3. The van der Waals surface area contributed by atoms with Crippen LogP contribution in [0.15, 0.2) is 66.2 Å². The normalized spacial score (nSPS) is 10.8. The lowest BCUT2D eigenvalue weighted by atomic mass is 10.1. The van der Waals surface area contributed by atoms with Crippen molar-refractivity contribution in [2.45, 2.75) is 13.0 Å². The summed E-state index contributed by atoms with van der Waals surface area (Å²) in [6.45, 7) is 5.38. The average Bonchev–Trinajstić information content (AvgIpc) is 2.73. The lowest BCUT2D eigenvalue weighted by molar-refractivity contribution is 0.0928. The Morgan fingerprint density at radius 1 is 1.11 bits per heavy atom. The smallest absolute Gasteiger partial charge is 0.261 e. The molecular weight excluding hydrogens is 356 g/mol. The van der Waals surface area contributed by atoms with Crippen LogP contribution in [0.25, 0.3) is 10.9 Å². The molecule has 0 saturated carbocycles. The zero-order chi connectivity index (χ0) is 19.8. The molecule has 6 nitrogen and oxygen atoms in total. The molecular formula is C22H24N2O4. The number of hydrogen-bond acceptors (Lipinski definition) is 5. The van der Waals surface area contributed by atoms with Gasteiger partial charge in [-0.2, -0.15) is 0 Å². The largest absolute Gasteiger partial charge is 0.493 e. The van der Waals surface area contributed by atoms with Gasteiger partial charge in [0.2, 0.25) is 0 Å². The summed E-state index contributed by atoms with van der Waals surface area (Å²) in [5.41, 5.74) is 1.76. The van der Waals surface area contributed by atoms with E-state index in [0.717, 1.165) is 12.0 Å². The van der Waals surface area contributed by atoms with E-state index >= 15 is 0 Å². The second-order valence-electron chi connectivity index (χ2n) is 6.20. The van der Waals surface area contributed by atoms with Crippen molar-refractivity contribution in [3.8, 4) is 11.5 Å². The van der Waals surface area contributed by atoms with Crippen molar-refractivity contribution in [1.29, 1.82) is 0 Å². The van der Waals surface area contributed by atoms with E-state index in [1.807, 2.05) is 42.5 Å². The van der Waals surface area contributed by atoms with Gasteiger partial charge in [0.25, 0.3) is 5.56 Å². The van der Waals surface area contributed by atoms with E-state index in [9.17, 15) is 4.79 Å². The molecule has 6 heteroatoms. The second-order valence-corrected chi connectivity index (χ2v) is 6.20. The van der Waals surface area contributed by atoms with Gasteiger partial charge < -0.3 is 14.2 Å². The molecule has 0 aliphatic heterocycles. The number of fused-ring (bicyclic) bond motifs is 1. The lowest BCUT2D eigenvalue weighted by Gasteiger charge is -2.12. The molecule has 2 aromatic carbocycles. The van der Waals surface area contributed by atoms with E-state index in [4.69, 9.17) is 14.2 Å². The number of nitrogens with zero attached hydrogens (tertiary/aromatic N) is 2. The van der Waals surface area contributed by atoms with Crippen LogP contribution in [0.4, 0.5) is 0 Å². The molecule has 0 bridgehead atoms. The minimum atomic E-state index is -0.0604. The van der Waals surface area contributed by atoms with Crippen LogP contribution in [0.1, 0.15) is 5.56 Å². The van der Waals surface area contributed by atoms with Crippen molar-refractivity contribution < 1.29 is 14.2 Å². The topological polar surface area (TPSA) is 62.6 Å². The first-order valence-electron chi connectivity index (χ1n) is 9.15. The van der Waals surface area contributed by atoms with E-state index < -0.39 is 0 Å². The highest BCUT2D eigenvalue weighted by Crippen LogP contribution is 2.28. The molecule has 3 aromatic rings. The number of para-hydroxylation sites is 1. The predicted molar refractivity (Wildman–Crippen MR) is 109 cm³/mol. The fraction of sp³-hybridized carbons (Fsp3) is 0.273. The van der Waals surface area contributed by atoms with Crippen molar-refractivity contribution in [3.63, 3.8) is 0 Å². The first kappa shape index (κ1) is 19.6. The highest BCUT2D eigenvalue weighted by Gasteiger charge is 2.06. The molecule has 0 fully saturated rings. The maximum atomic E-state index is 12.4. The molecule has 0 atom stereocenters. The molecule has 0 aliphatic rings. The number of ether oxygens (including phenoxy) is 3. The summed E-state index contributed by atoms with van der Waals surface area (Å²) in [4.78, 5) is 16.7. The summed E-state index contributed by atoms with van der Waals surface area (Å²) < 4.78 is 18.3. The minimum Gasteiger partial charge on any atom is -0.493 e. The summed E-state index contributed by atoms with van der Waals surface area (Å²) in [5.74, 6) is 1.36. The third-order valence-electron chi connectivity index (χ3n) is 4.30. The highest BCUT2D eigenvalue weighted by molar-refractivity contribution is 5.76. The van der Waals surface area contributed by atoms with Gasteiger partial charge in [-0.25, -0.2) is 4.98 Å². The second kappa shape index (κ2) is 9.71. The third-order valence-corrected chi connectivity index (χ3v) is 4.30. The lowest BCUT2D eigenvalue weighted by Crippen LogP contribution is -2.23. The predicted octanol–water partition coefficient (Wildman–Crippen LogP) is 3.23. The molecule has 1 heterocycles. The molecule has 1 aromatic heterocycles. The Labute approximate surface area is 164 Å². The van der Waals surface area contributed by atoms with Crippen LogP contribution >= 0.6 is 0 Å². The Morgan fingerprint density at radius 3 is 2.79 bits per heavy atom. The van der Waals surface area contributed by atoms with Gasteiger partial charge in [0.1, 0.15) is 6.61 Å². The van der Waals surface area contributed by atoms with Crippen molar-refractivity contribution >= 4 is 10.9 Å². The molecule has 0 spiro atoms. The number of methoxy groups -OCH3 is 1. The maximum Gasteiger partial charge on any atom is 0.261 e. The number of aromatic nitrogens is 2. The molecule has 0 radical (unpaired) electrons. The first-order chi connectivity index (χ1) is 13.7. The fourth-order valence-corrected chi connectivity index (χ4v) is 2.87. The molecule has 0 amide bonds. The van der Waals surface area contributed by atoms with Crippen LogP contribution in [0.3, 0.4) is 0 Å². The molecule has 3 rings (SSSR count). The molecule has 146 valence electrons. The highest BCUT2D eigenvalue weighted by atomic mass is 16.5. The number of benzene rings is 2. The zero-order valence-electron chi connectivity index (χ0n) is 16.0. The van der Waals surface area contributed by atoms with Gasteiger partial charge >= 0.3 is 0 Å². The van der Waals surface area contributed by atoms with E-state index in [0.29, 0.717) is 48.8 Å². The minimum absolute atomic E-state index is 0.0604. The zero-order valence-corrected chi connectivity index (χ0v) is 16.0. The molecule has 28 heavy (non-hydrogen) atoms. The fourth-order valence-electron chi connectivity index (χ4n) is 2.87. The van der Waals surface area contributed by atoms with Gasteiger partial charge in [0.05, 0.1) is 44.1 Å². The van der Waals surface area contributed by atoms with Crippen molar-refractivity contribution in [2.75, 3.05) is 26.9 Å². The van der Waals surface area contributed by atoms with Gasteiger partial charge in [-0.05, 0) is 36.2 Å². The Kier molecular flexibility index (Phi) is 6.81. The number of hydrogen-bond donors (Lipinski definition) is 0. The van der Waals surface area contributed by atoms with E-state index in [1.165, 1.54) is 0 Å². The average molecular weight is 380 g/mol. The third kappa shape index (κ3) is 4.78. The van der Waals surface area contributed by atoms with Crippen LogP contribution in [-0.2, 0) is 17.7 Å². The summed E-state index contributed by atoms with van der Waals surface area (Å²) in [5, 5.41) is 0.611. The summed E-state index contributed by atoms with van der Waals surface area (Å²) in [6, 6.07) is 13.1. The Hall–Kier alpha value is -3.12. The van der Waals surface area contributed by atoms with Gasteiger partial charge in [0, 0.05) is 0 Å². The van der Waals surface area contributed by atoms with Crippen LogP contribution in [-0.4, -0.2) is 36.5 Å². The molecule has 0 unspecified atom stereocenters. The quantitative estimate of drug-likeness (QED) is 0.399. The van der Waals surface area contributed by atoms with Crippen molar-refractivity contribution in [2.24, 2.45) is 0 Å². The maximum absolute atomic E-state index is 12.4. The Bertz CT molecular complexity index is 997. The van der Waals surface area contributed by atoms with E-state index in [2.05, 4.69) is 11.6 Å². The Balaban J connectivity index is 1.46. The summed E-state index contributed by atoms with van der Waals surface area (Å²) in [7, 11) is 1.62. The Morgan fingerprint density at radius 2 is 1.96 bits per heavy atom. The van der Waals surface area contributed by atoms with Crippen molar-refractivity contribution in [1.82, 2.24) is 9.55 Å². The summed E-state index contributed by atoms with van der Waals surface area (Å²) >= 11 is 0. The van der Waals surface area contributed by atoms with Gasteiger partial charge in [0.15, 0.2) is 11.5 Å². The first-order valence-corrected chi connectivity index (χ1v) is 9.15. The van der Waals surface area contributed by atoms with Gasteiger partial charge in [-0.1, -0.05) is 24.3 Å². The summed E-state index contributed by atoms with van der Waals surface area (Å²) in [6.07, 6.45) is 4.18. The molecule has 0 saturated heterocycles. The molecule has 0 aliphatic carbocycles. The molecule has 0 N–H and O–H groups in total. The van der Waals surface area contributed by atoms with Gasteiger partial charge in [-0.3, -0.25) is 9.36 Å². The van der Waals surface area contributed by atoms with Crippen LogP contribution in [0.5, 0.6) is 11.5 Å². The monoisotopic (exact) mass is 380 g/mol. The van der Waals surface area contributed by atoms with Crippen LogP contribution in [0.2, 0.25) is 0 Å². The van der Waals surface area contributed by atoms with Crippen LogP contribution in [0, 0.1) is 0 Å². The van der Waals surface area contributed by atoms with E-state index in [1.54, 1.807) is 24.1 Å². The van der Waals surface area contributed by atoms with Crippen molar-refractivity contribution in [3.05, 3.63) is 77.4 Å². The number of allylic oxidation sites excluding steroid dienone is 1. The van der Waals surface area contributed by atoms with Gasteiger partial charge in [-0.15, -0.1) is 6.58 Å². The SMILES string of the molecule is C=CCc1ccc(OCCOCCn2cnc3ccccc3c2=O)c(OC)c1. The number of rotatable bonds is 10.